The van der Waals surface area contributed by atoms with Gasteiger partial charge in [0.05, 0.1) is 0 Å². The first-order valence-electron chi connectivity index (χ1n) is 7.76. The molecular formula is C15H28N2OS. The lowest BCUT2D eigenvalue weighted by Crippen LogP contribution is -2.58. The molecule has 4 rings (SSSR count). The largest absolute Gasteiger partial charge is 0.311 e. The normalized spacial score (nSPS) is 43.3. The van der Waals surface area contributed by atoms with Crippen LogP contribution in [0.4, 0.5) is 0 Å². The highest BCUT2D eigenvalue weighted by atomic mass is 32.2. The standard InChI is InChI=1S/C15H28N2OS/c1-19(2,18)17-5-3-4-16-15-9-12-6-13(10-15)8-14(7-12)11-15/h12-14,16H,1,3-11H2,2H3,(H,17,18). The highest BCUT2D eigenvalue weighted by Crippen LogP contribution is 2.55. The van der Waals surface area contributed by atoms with E-state index in [1.165, 1.54) is 38.5 Å². The second-order valence-corrected chi connectivity index (χ2v) is 9.68. The quantitative estimate of drug-likeness (QED) is 0.577. The summed E-state index contributed by atoms with van der Waals surface area (Å²) < 4.78 is 14.4. The summed E-state index contributed by atoms with van der Waals surface area (Å²) in [5, 5.41) is 3.86. The lowest BCUT2D eigenvalue weighted by molar-refractivity contribution is -0.0194. The molecule has 1 atom stereocenters. The fourth-order valence-electron chi connectivity index (χ4n) is 5.06. The van der Waals surface area contributed by atoms with Crippen molar-refractivity contribution in [2.75, 3.05) is 19.3 Å². The molecule has 0 aromatic carbocycles. The van der Waals surface area contributed by atoms with Crippen molar-refractivity contribution < 1.29 is 4.21 Å². The van der Waals surface area contributed by atoms with Gasteiger partial charge in [-0.05, 0) is 75.1 Å². The van der Waals surface area contributed by atoms with E-state index in [0.717, 1.165) is 37.3 Å². The third-order valence-corrected chi connectivity index (χ3v) is 6.11. The van der Waals surface area contributed by atoms with Crippen molar-refractivity contribution in [1.29, 1.82) is 0 Å². The second kappa shape index (κ2) is 5.05. The summed E-state index contributed by atoms with van der Waals surface area (Å²) in [6.45, 7) is 1.85. The summed E-state index contributed by atoms with van der Waals surface area (Å²) in [6.07, 6.45) is 11.4. The van der Waals surface area contributed by atoms with Gasteiger partial charge in [0.1, 0.15) is 0 Å². The van der Waals surface area contributed by atoms with Crippen LogP contribution in [0.25, 0.3) is 0 Å². The molecule has 0 aliphatic heterocycles. The Morgan fingerprint density at radius 3 is 2.11 bits per heavy atom. The fraction of sp³-hybridized carbons (Fsp3) is 0.933. The van der Waals surface area contributed by atoms with Gasteiger partial charge in [0.15, 0.2) is 0 Å². The van der Waals surface area contributed by atoms with E-state index in [4.69, 9.17) is 0 Å². The Balaban J connectivity index is 1.45. The molecule has 0 heterocycles. The minimum atomic E-state index is -2.03. The zero-order chi connectivity index (χ0) is 13.5. The molecular weight excluding hydrogens is 256 g/mol. The number of hydrogen-bond acceptors (Lipinski definition) is 2. The molecule has 0 spiro atoms. The Bertz CT molecular complexity index is 394. The van der Waals surface area contributed by atoms with Crippen molar-refractivity contribution in [1.82, 2.24) is 10.0 Å². The van der Waals surface area contributed by atoms with E-state index in [1.807, 2.05) is 0 Å². The van der Waals surface area contributed by atoms with Crippen LogP contribution in [0.5, 0.6) is 0 Å². The van der Waals surface area contributed by atoms with E-state index >= 15 is 0 Å². The maximum atomic E-state index is 11.4. The zero-order valence-corrected chi connectivity index (χ0v) is 12.9. The molecule has 0 saturated heterocycles. The van der Waals surface area contributed by atoms with Crippen LogP contribution in [-0.4, -0.2) is 35.0 Å². The Hall–Kier alpha value is -0.0600. The van der Waals surface area contributed by atoms with Crippen LogP contribution in [0, 0.1) is 17.8 Å². The van der Waals surface area contributed by atoms with Gasteiger partial charge in [-0.2, -0.15) is 0 Å². The van der Waals surface area contributed by atoms with Crippen LogP contribution in [0.2, 0.25) is 0 Å². The van der Waals surface area contributed by atoms with Crippen LogP contribution in [0.15, 0.2) is 0 Å². The smallest absolute Gasteiger partial charge is 0.0219 e. The third-order valence-electron chi connectivity index (χ3n) is 5.30. The van der Waals surface area contributed by atoms with Gasteiger partial charge in [0.2, 0.25) is 0 Å². The van der Waals surface area contributed by atoms with Crippen molar-refractivity contribution in [2.45, 2.75) is 50.5 Å². The third kappa shape index (κ3) is 3.34. The summed E-state index contributed by atoms with van der Waals surface area (Å²) in [4.78, 5) is 0. The van der Waals surface area contributed by atoms with Crippen molar-refractivity contribution in [2.24, 2.45) is 17.8 Å². The fourth-order valence-corrected chi connectivity index (χ4v) is 5.63. The van der Waals surface area contributed by atoms with Gasteiger partial charge in [-0.25, -0.2) is 4.72 Å². The van der Waals surface area contributed by atoms with Gasteiger partial charge in [-0.15, -0.1) is 0 Å². The molecule has 19 heavy (non-hydrogen) atoms. The molecule has 4 fully saturated rings. The maximum absolute atomic E-state index is 11.4. The Labute approximate surface area is 118 Å². The Kier molecular flexibility index (Phi) is 3.69. The predicted molar refractivity (Wildman–Crippen MR) is 82.7 cm³/mol. The van der Waals surface area contributed by atoms with Gasteiger partial charge in [-0.3, -0.25) is 4.21 Å². The van der Waals surface area contributed by atoms with E-state index in [1.54, 1.807) is 6.26 Å². The van der Waals surface area contributed by atoms with Crippen LogP contribution < -0.4 is 10.0 Å². The summed E-state index contributed by atoms with van der Waals surface area (Å²) in [7, 11) is -2.03. The molecule has 1 unspecified atom stereocenters. The monoisotopic (exact) mass is 284 g/mol. The highest BCUT2D eigenvalue weighted by molar-refractivity contribution is 7.97. The predicted octanol–water partition coefficient (Wildman–Crippen LogP) is 1.79. The van der Waals surface area contributed by atoms with E-state index in [9.17, 15) is 4.21 Å². The topological polar surface area (TPSA) is 41.1 Å². The van der Waals surface area contributed by atoms with Crippen LogP contribution in [0.1, 0.15) is 44.9 Å². The van der Waals surface area contributed by atoms with Crippen molar-refractivity contribution in [3.05, 3.63) is 0 Å². The van der Waals surface area contributed by atoms with Crippen molar-refractivity contribution in [3.8, 4) is 0 Å². The summed E-state index contributed by atoms with van der Waals surface area (Å²) in [5.41, 5.74) is 0.465. The Morgan fingerprint density at radius 2 is 1.63 bits per heavy atom. The minimum absolute atomic E-state index is 0.465. The lowest BCUT2D eigenvalue weighted by atomic mass is 9.53. The zero-order valence-electron chi connectivity index (χ0n) is 12.1. The molecule has 0 aromatic rings. The number of nitrogens with one attached hydrogen (secondary N) is 2. The first kappa shape index (κ1) is 13.9. The first-order chi connectivity index (χ1) is 8.94. The second-order valence-electron chi connectivity index (χ2n) is 7.38. The molecule has 4 bridgehead atoms. The summed E-state index contributed by atoms with van der Waals surface area (Å²) in [5.74, 6) is 6.64. The summed E-state index contributed by atoms with van der Waals surface area (Å²) in [6, 6.07) is 0. The van der Waals surface area contributed by atoms with E-state index in [0.29, 0.717) is 5.54 Å². The van der Waals surface area contributed by atoms with Gasteiger partial charge < -0.3 is 5.32 Å². The number of rotatable bonds is 6. The SMILES string of the molecule is C=S(C)(=O)NCCCNC12CC3CC(CC(C3)C1)C2. The molecule has 3 nitrogen and oxygen atoms in total. The van der Waals surface area contributed by atoms with Crippen LogP contribution in [-0.2, 0) is 9.71 Å². The lowest BCUT2D eigenvalue weighted by Gasteiger charge is -2.57. The van der Waals surface area contributed by atoms with Gasteiger partial charge in [0, 0.05) is 28.0 Å². The van der Waals surface area contributed by atoms with Gasteiger partial charge in [-0.1, -0.05) is 0 Å². The average Bonchev–Trinajstić information content (AvgIpc) is 2.24. The van der Waals surface area contributed by atoms with Crippen LogP contribution in [0.3, 0.4) is 0 Å². The number of hydrogen-bond donors (Lipinski definition) is 2. The van der Waals surface area contributed by atoms with Gasteiger partial charge in [0.25, 0.3) is 0 Å². The molecule has 4 saturated carbocycles. The molecule has 4 aliphatic rings. The molecule has 0 amide bonds. The van der Waals surface area contributed by atoms with E-state index in [2.05, 4.69) is 15.9 Å². The molecule has 4 heteroatoms. The van der Waals surface area contributed by atoms with Crippen molar-refractivity contribution >= 4 is 15.6 Å². The molecule has 0 radical (unpaired) electrons. The highest BCUT2D eigenvalue weighted by Gasteiger charge is 2.50. The maximum Gasteiger partial charge on any atom is 0.0219 e. The van der Waals surface area contributed by atoms with Gasteiger partial charge >= 0.3 is 0 Å². The van der Waals surface area contributed by atoms with E-state index in [-0.39, 0.29) is 0 Å². The van der Waals surface area contributed by atoms with Crippen LogP contribution >= 0.6 is 0 Å². The minimum Gasteiger partial charge on any atom is -0.311 e. The molecule has 0 aromatic heterocycles. The van der Waals surface area contributed by atoms with Crippen molar-refractivity contribution in [3.63, 3.8) is 0 Å². The van der Waals surface area contributed by atoms with E-state index < -0.39 is 9.71 Å². The average molecular weight is 284 g/mol. The molecule has 110 valence electrons. The summed E-state index contributed by atoms with van der Waals surface area (Å²) >= 11 is 0. The molecule has 2 N–H and O–H groups in total. The molecule has 4 aliphatic carbocycles. The Morgan fingerprint density at radius 1 is 1.11 bits per heavy atom. The first-order valence-corrected chi connectivity index (χ1v) is 9.90.